The zero-order chi connectivity index (χ0) is 15.1. The lowest BCUT2D eigenvalue weighted by Gasteiger charge is -2.34. The number of amides is 1. The van der Waals surface area contributed by atoms with Gasteiger partial charge in [-0.05, 0) is 24.3 Å². The Bertz CT molecular complexity index is 492. The van der Waals surface area contributed by atoms with E-state index in [9.17, 15) is 4.79 Å². The fourth-order valence-corrected chi connectivity index (χ4v) is 2.82. The van der Waals surface area contributed by atoms with E-state index in [1.807, 2.05) is 18.2 Å². The molecule has 122 valence electrons. The molecule has 0 spiro atoms. The van der Waals surface area contributed by atoms with Crippen molar-refractivity contribution in [2.24, 2.45) is 16.6 Å². The zero-order valence-electron chi connectivity index (χ0n) is 13.0. The van der Waals surface area contributed by atoms with Gasteiger partial charge in [0.25, 0.3) is 0 Å². The van der Waals surface area contributed by atoms with Crippen LogP contribution in [0, 0.1) is 5.92 Å². The van der Waals surface area contributed by atoms with Crippen LogP contribution in [-0.2, 0) is 11.3 Å². The lowest BCUT2D eigenvalue weighted by Crippen LogP contribution is -2.46. The van der Waals surface area contributed by atoms with E-state index in [-0.39, 0.29) is 29.9 Å². The molecule has 3 N–H and O–H groups in total. The standard InChI is InChI=1S/C16H24N4O.HI/c1-18-16(19-11-13-6-3-2-4-7-13)20-9-5-8-14(12-20)10-15(17)21;/h2-4,6-7,14H,5,8-12H2,1H3,(H2,17,21)(H,18,19);1H. The number of piperidine rings is 1. The molecule has 1 aromatic carbocycles. The summed E-state index contributed by atoms with van der Waals surface area (Å²) in [6, 6.07) is 10.3. The predicted molar refractivity (Wildman–Crippen MR) is 100 cm³/mol. The molecule has 5 nitrogen and oxygen atoms in total. The molecule has 1 atom stereocenters. The van der Waals surface area contributed by atoms with Gasteiger partial charge in [0.1, 0.15) is 0 Å². The molecule has 2 rings (SSSR count). The molecule has 1 saturated heterocycles. The number of benzene rings is 1. The molecule has 1 amide bonds. The van der Waals surface area contributed by atoms with Gasteiger partial charge in [0.15, 0.2) is 5.96 Å². The van der Waals surface area contributed by atoms with Crippen molar-refractivity contribution >= 4 is 35.8 Å². The number of primary amides is 1. The molecule has 6 heteroatoms. The first-order chi connectivity index (χ1) is 10.2. The molecule has 1 aliphatic rings. The van der Waals surface area contributed by atoms with Crippen LogP contribution in [0.4, 0.5) is 0 Å². The summed E-state index contributed by atoms with van der Waals surface area (Å²) in [4.78, 5) is 17.7. The van der Waals surface area contributed by atoms with E-state index in [4.69, 9.17) is 5.73 Å². The Hall–Kier alpha value is -1.31. The lowest BCUT2D eigenvalue weighted by atomic mass is 9.95. The third kappa shape index (κ3) is 5.82. The Morgan fingerprint density at radius 1 is 1.41 bits per heavy atom. The van der Waals surface area contributed by atoms with Crippen molar-refractivity contribution in [2.75, 3.05) is 20.1 Å². The molecule has 1 heterocycles. The summed E-state index contributed by atoms with van der Waals surface area (Å²) < 4.78 is 0. The van der Waals surface area contributed by atoms with Crippen LogP contribution in [0.3, 0.4) is 0 Å². The Balaban J connectivity index is 0.00000242. The van der Waals surface area contributed by atoms with Crippen molar-refractivity contribution < 1.29 is 4.79 Å². The molecule has 1 unspecified atom stereocenters. The van der Waals surface area contributed by atoms with Crippen molar-refractivity contribution in [1.29, 1.82) is 0 Å². The SMILES string of the molecule is CN=C(NCc1ccccc1)N1CCCC(CC(N)=O)C1.I. The monoisotopic (exact) mass is 416 g/mol. The smallest absolute Gasteiger partial charge is 0.217 e. The second-order valence-electron chi connectivity index (χ2n) is 5.51. The van der Waals surface area contributed by atoms with Crippen LogP contribution in [0.5, 0.6) is 0 Å². The average Bonchev–Trinajstić information content (AvgIpc) is 2.49. The first-order valence-electron chi connectivity index (χ1n) is 7.47. The highest BCUT2D eigenvalue weighted by atomic mass is 127. The number of carbonyl (C=O) groups is 1. The summed E-state index contributed by atoms with van der Waals surface area (Å²) >= 11 is 0. The predicted octanol–water partition coefficient (Wildman–Crippen LogP) is 1.97. The number of nitrogens with zero attached hydrogens (tertiary/aromatic N) is 2. The van der Waals surface area contributed by atoms with Crippen LogP contribution in [0.25, 0.3) is 0 Å². The second kappa shape index (κ2) is 9.66. The number of hydrogen-bond acceptors (Lipinski definition) is 2. The topological polar surface area (TPSA) is 70.7 Å². The summed E-state index contributed by atoms with van der Waals surface area (Å²) in [7, 11) is 1.80. The van der Waals surface area contributed by atoms with E-state index in [0.29, 0.717) is 12.3 Å². The highest BCUT2D eigenvalue weighted by Gasteiger charge is 2.23. The fourth-order valence-electron chi connectivity index (χ4n) is 2.82. The molecule has 0 saturated carbocycles. The van der Waals surface area contributed by atoms with E-state index >= 15 is 0 Å². The highest BCUT2D eigenvalue weighted by Crippen LogP contribution is 2.19. The third-order valence-corrected chi connectivity index (χ3v) is 3.81. The zero-order valence-corrected chi connectivity index (χ0v) is 15.3. The van der Waals surface area contributed by atoms with E-state index < -0.39 is 0 Å². The fraction of sp³-hybridized carbons (Fsp3) is 0.500. The van der Waals surface area contributed by atoms with Crippen LogP contribution in [0.1, 0.15) is 24.8 Å². The van der Waals surface area contributed by atoms with E-state index in [1.54, 1.807) is 7.05 Å². The van der Waals surface area contributed by atoms with Gasteiger partial charge in [0.2, 0.25) is 5.91 Å². The second-order valence-corrected chi connectivity index (χ2v) is 5.51. The summed E-state index contributed by atoms with van der Waals surface area (Å²) in [6.07, 6.45) is 2.60. The number of rotatable bonds is 4. The Labute approximate surface area is 149 Å². The Morgan fingerprint density at radius 3 is 2.77 bits per heavy atom. The number of aliphatic imine (C=N–C) groups is 1. The number of halogens is 1. The molecule has 0 aromatic heterocycles. The first kappa shape index (κ1) is 18.7. The van der Waals surface area contributed by atoms with Gasteiger partial charge in [-0.3, -0.25) is 9.79 Å². The molecular formula is C16H25IN4O. The van der Waals surface area contributed by atoms with Crippen LogP contribution < -0.4 is 11.1 Å². The van der Waals surface area contributed by atoms with Crippen molar-refractivity contribution in [1.82, 2.24) is 10.2 Å². The van der Waals surface area contributed by atoms with E-state index in [0.717, 1.165) is 38.4 Å². The molecule has 1 aliphatic heterocycles. The average molecular weight is 416 g/mol. The van der Waals surface area contributed by atoms with Gasteiger partial charge in [-0.25, -0.2) is 0 Å². The minimum absolute atomic E-state index is 0. The van der Waals surface area contributed by atoms with Gasteiger partial charge in [-0.2, -0.15) is 0 Å². The van der Waals surface area contributed by atoms with Crippen LogP contribution in [-0.4, -0.2) is 36.9 Å². The summed E-state index contributed by atoms with van der Waals surface area (Å²) in [6.45, 7) is 2.58. The number of nitrogens with two attached hydrogens (primary N) is 1. The van der Waals surface area contributed by atoms with Crippen LogP contribution in [0.15, 0.2) is 35.3 Å². The minimum atomic E-state index is -0.214. The molecule has 1 aromatic rings. The van der Waals surface area contributed by atoms with Gasteiger partial charge in [-0.1, -0.05) is 30.3 Å². The normalized spacial score (nSPS) is 18.5. The maximum atomic E-state index is 11.1. The van der Waals surface area contributed by atoms with Gasteiger partial charge in [-0.15, -0.1) is 24.0 Å². The number of carbonyl (C=O) groups excluding carboxylic acids is 1. The van der Waals surface area contributed by atoms with E-state index in [2.05, 4.69) is 27.3 Å². The van der Waals surface area contributed by atoms with Gasteiger partial charge in [0.05, 0.1) is 0 Å². The molecule has 0 aliphatic carbocycles. The summed E-state index contributed by atoms with van der Waals surface area (Å²) in [5.41, 5.74) is 6.53. The molecular weight excluding hydrogens is 391 g/mol. The number of hydrogen-bond donors (Lipinski definition) is 2. The Morgan fingerprint density at radius 2 is 2.14 bits per heavy atom. The van der Waals surface area contributed by atoms with Gasteiger partial charge >= 0.3 is 0 Å². The number of guanidine groups is 1. The number of likely N-dealkylation sites (tertiary alicyclic amines) is 1. The maximum Gasteiger partial charge on any atom is 0.217 e. The van der Waals surface area contributed by atoms with E-state index in [1.165, 1.54) is 5.56 Å². The summed E-state index contributed by atoms with van der Waals surface area (Å²) in [5.74, 6) is 1.02. The van der Waals surface area contributed by atoms with Crippen LogP contribution >= 0.6 is 24.0 Å². The molecule has 22 heavy (non-hydrogen) atoms. The first-order valence-corrected chi connectivity index (χ1v) is 7.47. The molecule has 0 radical (unpaired) electrons. The Kier molecular flexibility index (Phi) is 8.22. The summed E-state index contributed by atoms with van der Waals surface area (Å²) in [5, 5.41) is 3.39. The molecule has 1 fully saturated rings. The quantitative estimate of drug-likeness (QED) is 0.448. The van der Waals surface area contributed by atoms with Crippen molar-refractivity contribution in [3.05, 3.63) is 35.9 Å². The maximum absolute atomic E-state index is 11.1. The van der Waals surface area contributed by atoms with Gasteiger partial charge in [0, 0.05) is 33.1 Å². The third-order valence-electron chi connectivity index (χ3n) is 3.81. The highest BCUT2D eigenvalue weighted by molar-refractivity contribution is 14.0. The largest absolute Gasteiger partial charge is 0.370 e. The van der Waals surface area contributed by atoms with Crippen molar-refractivity contribution in [3.8, 4) is 0 Å². The number of nitrogens with one attached hydrogen (secondary N) is 1. The van der Waals surface area contributed by atoms with Crippen LogP contribution in [0.2, 0.25) is 0 Å². The molecule has 0 bridgehead atoms. The minimum Gasteiger partial charge on any atom is -0.370 e. The van der Waals surface area contributed by atoms with Gasteiger partial charge < -0.3 is 16.0 Å². The lowest BCUT2D eigenvalue weighted by molar-refractivity contribution is -0.119. The van der Waals surface area contributed by atoms with Crippen molar-refractivity contribution in [2.45, 2.75) is 25.8 Å². The van der Waals surface area contributed by atoms with Crippen molar-refractivity contribution in [3.63, 3.8) is 0 Å².